The molecule has 0 aromatic heterocycles. The van der Waals surface area contributed by atoms with E-state index in [0.717, 1.165) is 9.13 Å². The number of hydrogen-bond acceptors (Lipinski definition) is 3. The van der Waals surface area contributed by atoms with Crippen molar-refractivity contribution in [1.82, 2.24) is 10.9 Å². The predicted octanol–water partition coefficient (Wildman–Crippen LogP) is 3.09. The van der Waals surface area contributed by atoms with Crippen molar-refractivity contribution in [2.45, 2.75) is 6.92 Å². The molecule has 0 fully saturated rings. The second-order valence-corrected chi connectivity index (χ2v) is 6.25. The van der Waals surface area contributed by atoms with Gasteiger partial charge >= 0.3 is 0 Å². The number of hydrogen-bond donors (Lipinski definition) is 2. The quantitative estimate of drug-likeness (QED) is 0.563. The lowest BCUT2D eigenvalue weighted by Crippen LogP contribution is -2.43. The highest BCUT2D eigenvalue weighted by atomic mass is 127. The molecule has 2 N–H and O–H groups in total. The van der Waals surface area contributed by atoms with E-state index in [1.807, 2.05) is 13.0 Å². The van der Waals surface area contributed by atoms with Gasteiger partial charge in [-0.1, -0.05) is 29.8 Å². The Hall–Kier alpha value is -1.80. The molecule has 2 rings (SSSR count). The minimum absolute atomic E-state index is 0.255. The highest BCUT2D eigenvalue weighted by Crippen LogP contribution is 2.22. The number of carbonyl (C=O) groups is 2. The Balaban J connectivity index is 1.83. The topological polar surface area (TPSA) is 67.4 Å². The van der Waals surface area contributed by atoms with Gasteiger partial charge in [-0.25, -0.2) is 0 Å². The predicted molar refractivity (Wildman–Crippen MR) is 96.5 cm³/mol. The van der Waals surface area contributed by atoms with Crippen LogP contribution in [0.25, 0.3) is 0 Å². The Bertz CT molecular complexity index is 737. The van der Waals surface area contributed by atoms with Crippen LogP contribution in [0.15, 0.2) is 42.5 Å². The third-order valence-electron chi connectivity index (χ3n) is 2.94. The second kappa shape index (κ2) is 8.16. The number of halogens is 2. The van der Waals surface area contributed by atoms with Crippen LogP contribution in [0, 0.1) is 10.5 Å². The molecule has 0 aliphatic rings. The number of carbonyl (C=O) groups excluding carboxylic acids is 2. The van der Waals surface area contributed by atoms with Crippen molar-refractivity contribution < 1.29 is 14.3 Å². The summed E-state index contributed by atoms with van der Waals surface area (Å²) in [5, 5.41) is 0.415. The molecule has 0 spiro atoms. The fourth-order valence-electron chi connectivity index (χ4n) is 1.67. The molecule has 2 aromatic rings. The monoisotopic (exact) mass is 444 g/mol. The van der Waals surface area contributed by atoms with Gasteiger partial charge in [0.05, 0.1) is 5.02 Å². The smallest absolute Gasteiger partial charge is 0.276 e. The fourth-order valence-corrected chi connectivity index (χ4v) is 2.38. The molecular formula is C16H14ClIN2O3. The number of amides is 2. The van der Waals surface area contributed by atoms with Crippen LogP contribution in [0.2, 0.25) is 5.02 Å². The summed E-state index contributed by atoms with van der Waals surface area (Å²) < 4.78 is 6.25. The minimum Gasteiger partial charge on any atom is -0.482 e. The van der Waals surface area contributed by atoms with Gasteiger partial charge in [0.25, 0.3) is 11.8 Å². The molecule has 2 aromatic carbocycles. The average Bonchev–Trinajstić information content (AvgIpc) is 2.54. The molecule has 0 aliphatic carbocycles. The SMILES string of the molecule is Cc1ccc(C(=O)NNC(=O)COc2ccccc2Cl)cc1I. The molecule has 0 radical (unpaired) electrons. The molecule has 0 saturated carbocycles. The normalized spacial score (nSPS) is 10.0. The van der Waals surface area contributed by atoms with E-state index in [1.165, 1.54) is 0 Å². The van der Waals surface area contributed by atoms with Crippen molar-refractivity contribution in [3.63, 3.8) is 0 Å². The summed E-state index contributed by atoms with van der Waals surface area (Å²) in [5.74, 6) is -0.474. The number of rotatable bonds is 4. The Morgan fingerprint density at radius 1 is 1.17 bits per heavy atom. The lowest BCUT2D eigenvalue weighted by molar-refractivity contribution is -0.123. The third kappa shape index (κ3) is 5.11. The van der Waals surface area contributed by atoms with Crippen LogP contribution in [0.1, 0.15) is 15.9 Å². The molecule has 0 aliphatic heterocycles. The van der Waals surface area contributed by atoms with E-state index in [4.69, 9.17) is 16.3 Å². The zero-order chi connectivity index (χ0) is 16.8. The van der Waals surface area contributed by atoms with Gasteiger partial charge in [-0.2, -0.15) is 0 Å². The average molecular weight is 445 g/mol. The van der Waals surface area contributed by atoms with E-state index in [2.05, 4.69) is 33.4 Å². The first-order chi connectivity index (χ1) is 11.0. The Labute approximate surface area is 152 Å². The highest BCUT2D eigenvalue weighted by molar-refractivity contribution is 14.1. The van der Waals surface area contributed by atoms with Crippen molar-refractivity contribution in [1.29, 1.82) is 0 Å². The second-order valence-electron chi connectivity index (χ2n) is 4.69. The summed E-state index contributed by atoms with van der Waals surface area (Å²) in [6.45, 7) is 1.70. The zero-order valence-corrected chi connectivity index (χ0v) is 15.1. The molecular weight excluding hydrogens is 431 g/mol. The number of para-hydroxylation sites is 1. The number of nitrogens with one attached hydrogen (secondary N) is 2. The van der Waals surface area contributed by atoms with E-state index in [9.17, 15) is 9.59 Å². The first-order valence-corrected chi connectivity index (χ1v) is 8.15. The molecule has 2 amide bonds. The number of ether oxygens (including phenoxy) is 1. The molecule has 7 heteroatoms. The van der Waals surface area contributed by atoms with Gasteiger partial charge in [-0.3, -0.25) is 20.4 Å². The lowest BCUT2D eigenvalue weighted by Gasteiger charge is -2.10. The Morgan fingerprint density at radius 2 is 1.91 bits per heavy atom. The van der Waals surface area contributed by atoms with E-state index >= 15 is 0 Å². The molecule has 0 bridgehead atoms. The van der Waals surface area contributed by atoms with Crippen LogP contribution in [0.5, 0.6) is 5.75 Å². The van der Waals surface area contributed by atoms with Crippen LogP contribution >= 0.6 is 34.2 Å². The van der Waals surface area contributed by atoms with Gasteiger partial charge in [-0.15, -0.1) is 0 Å². The van der Waals surface area contributed by atoms with Crippen molar-refractivity contribution in [2.24, 2.45) is 0 Å². The molecule has 120 valence electrons. The summed E-state index contributed by atoms with van der Waals surface area (Å²) in [4.78, 5) is 23.6. The van der Waals surface area contributed by atoms with Gasteiger partial charge in [0, 0.05) is 9.13 Å². The van der Waals surface area contributed by atoms with Gasteiger partial charge < -0.3 is 4.74 Å². The minimum atomic E-state index is -0.486. The van der Waals surface area contributed by atoms with Crippen molar-refractivity contribution in [3.05, 3.63) is 62.2 Å². The summed E-state index contributed by atoms with van der Waals surface area (Å²) in [6, 6.07) is 12.1. The molecule has 0 atom stereocenters. The van der Waals surface area contributed by atoms with Crippen LogP contribution in [-0.2, 0) is 4.79 Å². The van der Waals surface area contributed by atoms with Gasteiger partial charge in [-0.05, 0) is 59.3 Å². The molecule has 0 unspecified atom stereocenters. The van der Waals surface area contributed by atoms with Gasteiger partial charge in [0.2, 0.25) is 0 Å². The number of benzene rings is 2. The maximum Gasteiger partial charge on any atom is 0.276 e. The maximum atomic E-state index is 11.9. The van der Waals surface area contributed by atoms with Crippen LogP contribution in [-0.4, -0.2) is 18.4 Å². The summed E-state index contributed by atoms with van der Waals surface area (Å²) in [7, 11) is 0. The van der Waals surface area contributed by atoms with Crippen LogP contribution < -0.4 is 15.6 Å². The van der Waals surface area contributed by atoms with E-state index in [1.54, 1.807) is 36.4 Å². The molecule has 0 saturated heterocycles. The largest absolute Gasteiger partial charge is 0.482 e. The number of hydrazine groups is 1. The highest BCUT2D eigenvalue weighted by Gasteiger charge is 2.09. The van der Waals surface area contributed by atoms with Gasteiger partial charge in [0.1, 0.15) is 5.75 Å². The maximum absolute atomic E-state index is 11.9. The van der Waals surface area contributed by atoms with Crippen molar-refractivity contribution in [3.8, 4) is 5.75 Å². The first kappa shape index (κ1) is 17.6. The zero-order valence-electron chi connectivity index (χ0n) is 12.2. The lowest BCUT2D eigenvalue weighted by atomic mass is 10.1. The first-order valence-electron chi connectivity index (χ1n) is 6.70. The molecule has 5 nitrogen and oxygen atoms in total. The Morgan fingerprint density at radius 3 is 2.61 bits per heavy atom. The number of aryl methyl sites for hydroxylation is 1. The Kier molecular flexibility index (Phi) is 6.23. The van der Waals surface area contributed by atoms with Crippen molar-refractivity contribution >= 4 is 46.0 Å². The van der Waals surface area contributed by atoms with Gasteiger partial charge in [0.15, 0.2) is 6.61 Å². The standard InChI is InChI=1S/C16H14ClIN2O3/c1-10-6-7-11(8-13(10)18)16(22)20-19-15(21)9-23-14-5-3-2-4-12(14)17/h2-8H,9H2,1H3,(H,19,21)(H,20,22). The van der Waals surface area contributed by atoms with E-state index in [-0.39, 0.29) is 6.61 Å². The van der Waals surface area contributed by atoms with E-state index in [0.29, 0.717) is 16.3 Å². The summed E-state index contributed by atoms with van der Waals surface area (Å²) in [6.07, 6.45) is 0. The van der Waals surface area contributed by atoms with Crippen LogP contribution in [0.3, 0.4) is 0 Å². The fraction of sp³-hybridized carbons (Fsp3) is 0.125. The van der Waals surface area contributed by atoms with E-state index < -0.39 is 11.8 Å². The summed E-state index contributed by atoms with van der Waals surface area (Å²) >= 11 is 8.06. The molecule has 0 heterocycles. The van der Waals surface area contributed by atoms with Crippen LogP contribution in [0.4, 0.5) is 0 Å². The molecule has 23 heavy (non-hydrogen) atoms. The van der Waals surface area contributed by atoms with Crippen molar-refractivity contribution in [2.75, 3.05) is 6.61 Å². The summed E-state index contributed by atoms with van der Waals surface area (Å²) in [5.41, 5.74) is 6.19. The third-order valence-corrected chi connectivity index (χ3v) is 4.42.